The molecule has 4 amide bonds. The first-order chi connectivity index (χ1) is 15.8. The summed E-state index contributed by atoms with van der Waals surface area (Å²) in [5.41, 5.74) is 0.962. The summed E-state index contributed by atoms with van der Waals surface area (Å²) in [6, 6.07) is 9.00. The second-order valence-corrected chi connectivity index (χ2v) is 9.16. The van der Waals surface area contributed by atoms with Crippen LogP contribution >= 0.6 is 0 Å². The minimum atomic E-state index is -0.572. The molecule has 0 spiro atoms. The van der Waals surface area contributed by atoms with Gasteiger partial charge >= 0.3 is 6.03 Å². The maximum atomic E-state index is 13.5. The Hall–Kier alpha value is -2.57. The van der Waals surface area contributed by atoms with Crippen molar-refractivity contribution in [3.05, 3.63) is 35.9 Å². The molecule has 0 aromatic heterocycles. The quantitative estimate of drug-likeness (QED) is 0.524. The summed E-state index contributed by atoms with van der Waals surface area (Å²) < 4.78 is 0. The molecular formula is C26H42N4O3. The zero-order valence-corrected chi connectivity index (χ0v) is 21.0. The lowest BCUT2D eigenvalue weighted by atomic mass is 9.92. The summed E-state index contributed by atoms with van der Waals surface area (Å²) in [6.07, 6.45) is 3.44. The Morgan fingerprint density at radius 2 is 1.76 bits per heavy atom. The van der Waals surface area contributed by atoms with Crippen molar-refractivity contribution in [2.45, 2.75) is 78.3 Å². The molecule has 0 bridgehead atoms. The molecule has 7 nitrogen and oxygen atoms in total. The molecule has 7 heteroatoms. The van der Waals surface area contributed by atoms with Crippen molar-refractivity contribution < 1.29 is 14.4 Å². The highest BCUT2D eigenvalue weighted by Gasteiger charge is 2.36. The minimum Gasteiger partial charge on any atom is -0.344 e. The Balaban J connectivity index is 2.05. The Morgan fingerprint density at radius 1 is 1.06 bits per heavy atom. The lowest BCUT2D eigenvalue weighted by Crippen LogP contribution is -2.61. The van der Waals surface area contributed by atoms with Crippen LogP contribution in [0.2, 0.25) is 0 Å². The fourth-order valence-corrected chi connectivity index (χ4v) is 4.32. The summed E-state index contributed by atoms with van der Waals surface area (Å²) in [7, 11) is 0. The number of amides is 4. The minimum absolute atomic E-state index is 0.0143. The summed E-state index contributed by atoms with van der Waals surface area (Å²) >= 11 is 0. The highest BCUT2D eigenvalue weighted by molar-refractivity contribution is 5.91. The summed E-state index contributed by atoms with van der Waals surface area (Å²) in [5, 5.41) is 6.04. The topological polar surface area (TPSA) is 81.8 Å². The first kappa shape index (κ1) is 26.7. The molecule has 0 saturated carbocycles. The van der Waals surface area contributed by atoms with Crippen molar-refractivity contribution in [2.75, 3.05) is 26.2 Å². The van der Waals surface area contributed by atoms with E-state index in [-0.39, 0.29) is 35.7 Å². The molecule has 0 radical (unpaired) electrons. The van der Waals surface area contributed by atoms with E-state index in [9.17, 15) is 14.4 Å². The normalized spacial score (nSPS) is 18.9. The Morgan fingerprint density at radius 3 is 2.33 bits per heavy atom. The molecule has 1 heterocycles. The van der Waals surface area contributed by atoms with E-state index >= 15 is 0 Å². The molecule has 0 aliphatic carbocycles. The first-order valence-electron chi connectivity index (χ1n) is 12.5. The van der Waals surface area contributed by atoms with Crippen LogP contribution in [0.25, 0.3) is 0 Å². The van der Waals surface area contributed by atoms with Gasteiger partial charge in [0, 0.05) is 32.2 Å². The number of hydrogen-bond acceptors (Lipinski definition) is 3. The molecular weight excluding hydrogens is 416 g/mol. The zero-order valence-electron chi connectivity index (χ0n) is 21.0. The van der Waals surface area contributed by atoms with Crippen LogP contribution in [-0.2, 0) is 9.59 Å². The number of rotatable bonds is 10. The van der Waals surface area contributed by atoms with Crippen LogP contribution in [0.4, 0.5) is 4.79 Å². The van der Waals surface area contributed by atoms with Gasteiger partial charge in [-0.3, -0.25) is 9.59 Å². The lowest BCUT2D eigenvalue weighted by molar-refractivity contribution is -0.140. The number of carbonyl (C=O) groups excluding carboxylic acids is 3. The van der Waals surface area contributed by atoms with Gasteiger partial charge in [-0.1, -0.05) is 70.9 Å². The number of piperazine rings is 1. The number of urea groups is 1. The van der Waals surface area contributed by atoms with Crippen molar-refractivity contribution in [1.29, 1.82) is 0 Å². The van der Waals surface area contributed by atoms with E-state index in [1.54, 1.807) is 9.80 Å². The SMILES string of the molecule is CCCCNC(=O)N1CCN(C(=O)C(NC(=O)C(CC)c2ccccc2)C(C)CC)CC1C. The molecule has 2 rings (SSSR count). The van der Waals surface area contributed by atoms with Crippen molar-refractivity contribution in [3.8, 4) is 0 Å². The molecule has 1 saturated heterocycles. The highest BCUT2D eigenvalue weighted by Crippen LogP contribution is 2.22. The molecule has 1 fully saturated rings. The molecule has 1 aromatic rings. The van der Waals surface area contributed by atoms with Crippen molar-refractivity contribution in [2.24, 2.45) is 5.92 Å². The number of carbonyl (C=O) groups is 3. The number of unbranched alkanes of at least 4 members (excludes halogenated alkanes) is 1. The van der Waals surface area contributed by atoms with Crippen molar-refractivity contribution >= 4 is 17.8 Å². The van der Waals surface area contributed by atoms with Crippen molar-refractivity contribution in [3.63, 3.8) is 0 Å². The second kappa shape index (κ2) is 13.2. The van der Waals surface area contributed by atoms with Gasteiger partial charge in [-0.15, -0.1) is 0 Å². The molecule has 1 aliphatic rings. The third kappa shape index (κ3) is 7.21. The molecule has 4 unspecified atom stereocenters. The van der Waals surface area contributed by atoms with Crippen molar-refractivity contribution in [1.82, 2.24) is 20.4 Å². The third-order valence-electron chi connectivity index (χ3n) is 6.71. The summed E-state index contributed by atoms with van der Waals surface area (Å²) in [6.45, 7) is 12.2. The number of hydrogen-bond donors (Lipinski definition) is 2. The molecule has 1 aliphatic heterocycles. The molecule has 184 valence electrons. The third-order valence-corrected chi connectivity index (χ3v) is 6.71. The fourth-order valence-electron chi connectivity index (χ4n) is 4.32. The van der Waals surface area contributed by atoms with Crippen LogP contribution in [0, 0.1) is 5.92 Å². The van der Waals surface area contributed by atoms with Gasteiger partial charge < -0.3 is 20.4 Å². The van der Waals surface area contributed by atoms with E-state index in [1.165, 1.54) is 0 Å². The molecule has 1 aromatic carbocycles. The van der Waals surface area contributed by atoms with Crippen LogP contribution in [0.15, 0.2) is 30.3 Å². The van der Waals surface area contributed by atoms with E-state index in [0.717, 1.165) is 24.8 Å². The average molecular weight is 459 g/mol. The van der Waals surface area contributed by atoms with E-state index in [1.807, 2.05) is 58.0 Å². The molecule has 33 heavy (non-hydrogen) atoms. The van der Waals surface area contributed by atoms with Gasteiger partial charge in [0.25, 0.3) is 0 Å². The van der Waals surface area contributed by atoms with Gasteiger partial charge in [0.05, 0.1) is 5.92 Å². The smallest absolute Gasteiger partial charge is 0.317 e. The zero-order chi connectivity index (χ0) is 24.4. The number of nitrogens with zero attached hydrogens (tertiary/aromatic N) is 2. The number of benzene rings is 1. The van der Waals surface area contributed by atoms with Gasteiger partial charge in [-0.2, -0.15) is 0 Å². The second-order valence-electron chi connectivity index (χ2n) is 9.16. The van der Waals surface area contributed by atoms with Crippen LogP contribution in [0.1, 0.15) is 71.8 Å². The summed E-state index contributed by atoms with van der Waals surface area (Å²) in [5.74, 6) is -0.434. The maximum Gasteiger partial charge on any atom is 0.317 e. The van der Waals surface area contributed by atoms with Gasteiger partial charge in [-0.25, -0.2) is 4.79 Å². The fraction of sp³-hybridized carbons (Fsp3) is 0.654. The van der Waals surface area contributed by atoms with Crippen LogP contribution in [0.5, 0.6) is 0 Å². The number of nitrogens with one attached hydrogen (secondary N) is 2. The standard InChI is InChI=1S/C26H42N4O3/c1-6-9-15-27-26(33)30-17-16-29(18-20(30)5)25(32)23(19(4)7-2)28-24(31)22(8-3)21-13-11-10-12-14-21/h10-14,19-20,22-23H,6-9,15-18H2,1-5H3,(H,27,33)(H,28,31). The van der Waals surface area contributed by atoms with E-state index < -0.39 is 6.04 Å². The molecule has 2 N–H and O–H groups in total. The Bertz CT molecular complexity index is 770. The van der Waals surface area contributed by atoms with Gasteiger partial charge in [0.1, 0.15) is 6.04 Å². The van der Waals surface area contributed by atoms with E-state index in [4.69, 9.17) is 0 Å². The van der Waals surface area contributed by atoms with Crippen LogP contribution in [0.3, 0.4) is 0 Å². The van der Waals surface area contributed by atoms with Gasteiger partial charge in [0.2, 0.25) is 11.8 Å². The van der Waals surface area contributed by atoms with E-state index in [2.05, 4.69) is 17.6 Å². The van der Waals surface area contributed by atoms with Crippen LogP contribution < -0.4 is 10.6 Å². The van der Waals surface area contributed by atoms with Gasteiger partial charge in [0.15, 0.2) is 0 Å². The predicted molar refractivity (Wildman–Crippen MR) is 132 cm³/mol. The lowest BCUT2D eigenvalue weighted by Gasteiger charge is -2.41. The van der Waals surface area contributed by atoms with Crippen LogP contribution in [-0.4, -0.2) is 65.9 Å². The van der Waals surface area contributed by atoms with Gasteiger partial charge in [-0.05, 0) is 31.2 Å². The monoisotopic (exact) mass is 458 g/mol. The maximum absolute atomic E-state index is 13.5. The summed E-state index contributed by atoms with van der Waals surface area (Å²) in [4.78, 5) is 42.8. The predicted octanol–water partition coefficient (Wildman–Crippen LogP) is 3.75. The first-order valence-corrected chi connectivity index (χ1v) is 12.5. The average Bonchev–Trinajstić information content (AvgIpc) is 2.82. The highest BCUT2D eigenvalue weighted by atomic mass is 16.2. The molecule has 4 atom stereocenters. The Labute approximate surface area is 199 Å². The Kier molecular flexibility index (Phi) is 10.7. The van der Waals surface area contributed by atoms with E-state index in [0.29, 0.717) is 32.6 Å². The largest absolute Gasteiger partial charge is 0.344 e.